The van der Waals surface area contributed by atoms with Crippen molar-refractivity contribution in [2.24, 2.45) is 0 Å². The van der Waals surface area contributed by atoms with Gasteiger partial charge in [-0.15, -0.1) is 10.2 Å². The molecule has 0 saturated heterocycles. The maximum Gasteiger partial charge on any atom is 0.230 e. The molecule has 0 radical (unpaired) electrons. The highest BCUT2D eigenvalue weighted by Gasteiger charge is 2.04. The van der Waals surface area contributed by atoms with Gasteiger partial charge in [0, 0.05) is 34.0 Å². The molecule has 1 aromatic rings. The van der Waals surface area contributed by atoms with Gasteiger partial charge in [-0.25, -0.2) is 0 Å². The van der Waals surface area contributed by atoms with Gasteiger partial charge in [-0.3, -0.25) is 4.79 Å². The van der Waals surface area contributed by atoms with Crippen LogP contribution >= 0.6 is 0 Å². The van der Waals surface area contributed by atoms with Crippen LogP contribution in [0.15, 0.2) is 4.42 Å². The third-order valence-electron chi connectivity index (χ3n) is 1.86. The molecule has 0 aliphatic carbocycles. The van der Waals surface area contributed by atoms with Crippen molar-refractivity contribution in [2.45, 2.75) is 19.9 Å². The Kier molecular flexibility index (Phi) is 4.23. The van der Waals surface area contributed by atoms with E-state index in [-0.39, 0.29) is 5.91 Å². The van der Waals surface area contributed by atoms with Gasteiger partial charge in [0.05, 0.1) is 6.54 Å². The smallest absolute Gasteiger partial charge is 0.230 e. The Balaban J connectivity index is 2.15. The Morgan fingerprint density at radius 2 is 2.20 bits per heavy atom. The first-order valence-electron chi connectivity index (χ1n) is 4.79. The van der Waals surface area contributed by atoms with E-state index in [9.17, 15) is 4.79 Å². The summed E-state index contributed by atoms with van der Waals surface area (Å²) in [7, 11) is 3.48. The molecular formula is C9H16N4O2. The highest BCUT2D eigenvalue weighted by molar-refractivity contribution is 5.75. The van der Waals surface area contributed by atoms with Gasteiger partial charge in [-0.1, -0.05) is 0 Å². The number of hydrogen-bond donors (Lipinski definition) is 1. The monoisotopic (exact) mass is 212 g/mol. The van der Waals surface area contributed by atoms with Gasteiger partial charge in [0.25, 0.3) is 0 Å². The Labute approximate surface area is 88.7 Å². The third-order valence-corrected chi connectivity index (χ3v) is 1.86. The minimum Gasteiger partial charge on any atom is -0.424 e. The van der Waals surface area contributed by atoms with Crippen molar-refractivity contribution in [3.05, 3.63) is 11.8 Å². The quantitative estimate of drug-likeness (QED) is 0.693. The lowest BCUT2D eigenvalue weighted by Gasteiger charge is -2.09. The fourth-order valence-corrected chi connectivity index (χ4v) is 1.02. The number of rotatable bonds is 5. The van der Waals surface area contributed by atoms with E-state index in [0.717, 1.165) is 0 Å². The number of nitrogens with zero attached hydrogens (tertiary/aromatic N) is 3. The van der Waals surface area contributed by atoms with Crippen LogP contribution < -0.4 is 5.32 Å². The molecular weight excluding hydrogens is 196 g/mol. The van der Waals surface area contributed by atoms with E-state index in [1.54, 1.807) is 25.9 Å². The predicted molar refractivity (Wildman–Crippen MR) is 54.1 cm³/mol. The Hall–Kier alpha value is -1.43. The molecule has 0 spiro atoms. The lowest BCUT2D eigenvalue weighted by Crippen LogP contribution is -2.26. The van der Waals surface area contributed by atoms with E-state index in [0.29, 0.717) is 31.3 Å². The van der Waals surface area contributed by atoms with Crippen molar-refractivity contribution in [2.75, 3.05) is 20.6 Å². The molecule has 6 heteroatoms. The van der Waals surface area contributed by atoms with Gasteiger partial charge >= 0.3 is 0 Å². The SMILES string of the molecule is Cc1nnc(CNCCC(=O)N(C)C)o1. The Bertz CT molecular complexity index is 322. The van der Waals surface area contributed by atoms with Crippen LogP contribution in [0.3, 0.4) is 0 Å². The van der Waals surface area contributed by atoms with Gasteiger partial charge in [-0.05, 0) is 0 Å². The van der Waals surface area contributed by atoms with Crippen molar-refractivity contribution in [3.63, 3.8) is 0 Å². The largest absolute Gasteiger partial charge is 0.424 e. The molecule has 1 rings (SSSR count). The van der Waals surface area contributed by atoms with Crippen LogP contribution in [0, 0.1) is 6.92 Å². The highest BCUT2D eigenvalue weighted by Crippen LogP contribution is 1.96. The highest BCUT2D eigenvalue weighted by atomic mass is 16.4. The standard InChI is InChI=1S/C9H16N4O2/c1-7-11-12-8(15-7)6-10-5-4-9(14)13(2)3/h10H,4-6H2,1-3H3. The molecule has 0 bridgehead atoms. The normalized spacial score (nSPS) is 10.3. The summed E-state index contributed by atoms with van der Waals surface area (Å²) in [5.41, 5.74) is 0. The van der Waals surface area contributed by atoms with Crippen LogP contribution in [0.25, 0.3) is 0 Å². The van der Waals surface area contributed by atoms with E-state index in [4.69, 9.17) is 4.42 Å². The first-order valence-corrected chi connectivity index (χ1v) is 4.79. The zero-order valence-electron chi connectivity index (χ0n) is 9.28. The van der Waals surface area contributed by atoms with Crippen molar-refractivity contribution >= 4 is 5.91 Å². The van der Waals surface area contributed by atoms with Crippen molar-refractivity contribution in [1.29, 1.82) is 0 Å². The van der Waals surface area contributed by atoms with Crippen molar-refractivity contribution in [1.82, 2.24) is 20.4 Å². The molecule has 0 atom stereocenters. The van der Waals surface area contributed by atoms with Crippen LogP contribution in [-0.2, 0) is 11.3 Å². The molecule has 1 N–H and O–H groups in total. The Morgan fingerprint density at radius 3 is 2.73 bits per heavy atom. The second kappa shape index (κ2) is 5.45. The second-order valence-electron chi connectivity index (χ2n) is 3.43. The summed E-state index contributed by atoms with van der Waals surface area (Å²) in [6, 6.07) is 0. The maximum atomic E-state index is 11.2. The molecule has 1 aromatic heterocycles. The van der Waals surface area contributed by atoms with E-state index in [2.05, 4.69) is 15.5 Å². The van der Waals surface area contributed by atoms with Gasteiger partial charge < -0.3 is 14.6 Å². The number of carbonyl (C=O) groups is 1. The summed E-state index contributed by atoms with van der Waals surface area (Å²) in [4.78, 5) is 12.8. The number of carbonyl (C=O) groups excluding carboxylic acids is 1. The van der Waals surface area contributed by atoms with Crippen molar-refractivity contribution in [3.8, 4) is 0 Å². The molecule has 0 unspecified atom stereocenters. The molecule has 6 nitrogen and oxygen atoms in total. The second-order valence-corrected chi connectivity index (χ2v) is 3.43. The molecule has 0 saturated carbocycles. The number of aromatic nitrogens is 2. The predicted octanol–water partition coefficient (Wildman–Crippen LogP) is -0.0541. The van der Waals surface area contributed by atoms with Gasteiger partial charge in [0.2, 0.25) is 17.7 Å². The summed E-state index contributed by atoms with van der Waals surface area (Å²) in [6.07, 6.45) is 0.472. The van der Waals surface area contributed by atoms with E-state index in [1.165, 1.54) is 0 Å². The minimum absolute atomic E-state index is 0.101. The first kappa shape index (κ1) is 11.6. The Morgan fingerprint density at radius 1 is 1.47 bits per heavy atom. The number of amides is 1. The molecule has 15 heavy (non-hydrogen) atoms. The average molecular weight is 212 g/mol. The molecule has 0 aromatic carbocycles. The fraction of sp³-hybridized carbons (Fsp3) is 0.667. The zero-order chi connectivity index (χ0) is 11.3. The fourth-order valence-electron chi connectivity index (χ4n) is 1.02. The number of aryl methyl sites for hydroxylation is 1. The summed E-state index contributed by atoms with van der Waals surface area (Å²) < 4.78 is 5.16. The zero-order valence-corrected chi connectivity index (χ0v) is 9.28. The van der Waals surface area contributed by atoms with E-state index in [1.807, 2.05) is 0 Å². The van der Waals surface area contributed by atoms with Crippen LogP contribution in [-0.4, -0.2) is 41.6 Å². The number of hydrogen-bond acceptors (Lipinski definition) is 5. The topological polar surface area (TPSA) is 71.3 Å². The molecule has 1 heterocycles. The molecule has 0 aliphatic rings. The van der Waals surface area contributed by atoms with Gasteiger partial charge in [0.15, 0.2) is 0 Å². The van der Waals surface area contributed by atoms with Crippen LogP contribution in [0.1, 0.15) is 18.2 Å². The summed E-state index contributed by atoms with van der Waals surface area (Å²) >= 11 is 0. The molecule has 1 amide bonds. The van der Waals surface area contributed by atoms with Crippen molar-refractivity contribution < 1.29 is 9.21 Å². The van der Waals surface area contributed by atoms with Gasteiger partial charge in [0.1, 0.15) is 0 Å². The summed E-state index contributed by atoms with van der Waals surface area (Å²) in [5, 5.41) is 10.6. The molecule has 84 valence electrons. The van der Waals surface area contributed by atoms with E-state index >= 15 is 0 Å². The first-order chi connectivity index (χ1) is 7.09. The minimum atomic E-state index is 0.101. The van der Waals surface area contributed by atoms with Gasteiger partial charge in [-0.2, -0.15) is 0 Å². The molecule has 0 aliphatic heterocycles. The molecule has 0 fully saturated rings. The summed E-state index contributed by atoms with van der Waals surface area (Å²) in [5.74, 6) is 1.20. The lowest BCUT2D eigenvalue weighted by atomic mass is 10.4. The van der Waals surface area contributed by atoms with Crippen LogP contribution in [0.5, 0.6) is 0 Å². The average Bonchev–Trinajstić information content (AvgIpc) is 2.58. The maximum absolute atomic E-state index is 11.2. The summed E-state index contributed by atoms with van der Waals surface area (Å²) in [6.45, 7) is 2.85. The number of nitrogens with one attached hydrogen (secondary N) is 1. The van der Waals surface area contributed by atoms with Crippen LogP contribution in [0.4, 0.5) is 0 Å². The third kappa shape index (κ3) is 4.07. The van der Waals surface area contributed by atoms with E-state index < -0.39 is 0 Å². The lowest BCUT2D eigenvalue weighted by molar-refractivity contribution is -0.128. The van der Waals surface area contributed by atoms with Crippen LogP contribution in [0.2, 0.25) is 0 Å².